The lowest BCUT2D eigenvalue weighted by molar-refractivity contribution is -0.137. The molecule has 0 aromatic heterocycles. The highest BCUT2D eigenvalue weighted by Crippen LogP contribution is 2.29. The summed E-state index contributed by atoms with van der Waals surface area (Å²) in [5.41, 5.74) is -0.427. The van der Waals surface area contributed by atoms with Gasteiger partial charge in [-0.25, -0.2) is 13.1 Å². The first-order valence-corrected chi connectivity index (χ1v) is 8.44. The zero-order chi connectivity index (χ0) is 17.3. The SMILES string of the molecule is O=S(=O)(NCc1ccc(Cl)cc1Cl)c1ccc(C(F)(F)F)cc1. The van der Waals surface area contributed by atoms with Gasteiger partial charge in [-0.3, -0.25) is 0 Å². The van der Waals surface area contributed by atoms with E-state index < -0.39 is 21.8 Å². The van der Waals surface area contributed by atoms with Gasteiger partial charge in [0.25, 0.3) is 0 Å². The monoisotopic (exact) mass is 383 g/mol. The molecule has 2 aromatic rings. The molecule has 0 radical (unpaired) electrons. The Morgan fingerprint density at radius 2 is 1.61 bits per heavy atom. The molecule has 0 aliphatic heterocycles. The largest absolute Gasteiger partial charge is 0.416 e. The van der Waals surface area contributed by atoms with Crippen molar-refractivity contribution in [3.63, 3.8) is 0 Å². The lowest BCUT2D eigenvalue weighted by atomic mass is 10.2. The predicted molar refractivity (Wildman–Crippen MR) is 81.9 cm³/mol. The van der Waals surface area contributed by atoms with Gasteiger partial charge in [-0.05, 0) is 42.0 Å². The van der Waals surface area contributed by atoms with Crippen molar-refractivity contribution in [2.45, 2.75) is 17.6 Å². The minimum absolute atomic E-state index is 0.112. The molecular formula is C14H10Cl2F3NO2S. The first kappa shape index (κ1) is 18.1. The Bertz CT molecular complexity index is 806. The van der Waals surface area contributed by atoms with Crippen LogP contribution in [0.2, 0.25) is 10.0 Å². The van der Waals surface area contributed by atoms with Crippen LogP contribution in [0, 0.1) is 0 Å². The summed E-state index contributed by atoms with van der Waals surface area (Å²) in [7, 11) is -3.96. The second-order valence-electron chi connectivity index (χ2n) is 4.58. The van der Waals surface area contributed by atoms with E-state index >= 15 is 0 Å². The van der Waals surface area contributed by atoms with Crippen molar-refractivity contribution in [3.8, 4) is 0 Å². The van der Waals surface area contributed by atoms with Gasteiger partial charge in [0.05, 0.1) is 10.5 Å². The minimum atomic E-state index is -4.52. The first-order valence-electron chi connectivity index (χ1n) is 6.20. The summed E-state index contributed by atoms with van der Waals surface area (Å²) in [6.07, 6.45) is -4.52. The lowest BCUT2D eigenvalue weighted by Crippen LogP contribution is -2.23. The quantitative estimate of drug-likeness (QED) is 0.845. The van der Waals surface area contributed by atoms with E-state index in [1.807, 2.05) is 0 Å². The van der Waals surface area contributed by atoms with Crippen LogP contribution in [-0.4, -0.2) is 8.42 Å². The number of sulfonamides is 1. The Hall–Kier alpha value is -1.28. The topological polar surface area (TPSA) is 46.2 Å². The molecular weight excluding hydrogens is 374 g/mol. The molecule has 0 aliphatic rings. The van der Waals surface area contributed by atoms with Crippen molar-refractivity contribution in [2.24, 2.45) is 0 Å². The van der Waals surface area contributed by atoms with Gasteiger partial charge in [0.2, 0.25) is 10.0 Å². The number of rotatable bonds is 4. The van der Waals surface area contributed by atoms with Gasteiger partial charge in [0.1, 0.15) is 0 Å². The summed E-state index contributed by atoms with van der Waals surface area (Å²) in [4.78, 5) is -0.268. The van der Waals surface area contributed by atoms with Crippen LogP contribution >= 0.6 is 23.2 Å². The third-order valence-electron chi connectivity index (χ3n) is 2.96. The molecule has 0 unspecified atom stereocenters. The van der Waals surface area contributed by atoms with Crippen molar-refractivity contribution in [2.75, 3.05) is 0 Å². The standard InChI is InChI=1S/C14H10Cl2F3NO2S/c15-11-4-1-9(13(16)7-11)8-20-23(21,22)12-5-2-10(3-6-12)14(17,18)19/h1-7,20H,8H2. The molecule has 0 atom stereocenters. The minimum Gasteiger partial charge on any atom is -0.207 e. The third kappa shape index (κ3) is 4.60. The van der Waals surface area contributed by atoms with Crippen LogP contribution in [0.5, 0.6) is 0 Å². The van der Waals surface area contributed by atoms with Crippen molar-refractivity contribution in [3.05, 3.63) is 63.6 Å². The fourth-order valence-corrected chi connectivity index (χ4v) is 3.23. The summed E-state index contributed by atoms with van der Waals surface area (Å²) in [6, 6.07) is 7.79. The fourth-order valence-electron chi connectivity index (χ4n) is 1.74. The van der Waals surface area contributed by atoms with Crippen molar-refractivity contribution >= 4 is 33.2 Å². The molecule has 3 nitrogen and oxygen atoms in total. The lowest BCUT2D eigenvalue weighted by Gasteiger charge is -2.10. The molecule has 23 heavy (non-hydrogen) atoms. The number of hydrogen-bond acceptors (Lipinski definition) is 2. The molecule has 0 fully saturated rings. The van der Waals surface area contributed by atoms with Crippen LogP contribution in [0.25, 0.3) is 0 Å². The predicted octanol–water partition coefficient (Wildman–Crippen LogP) is 4.49. The maximum Gasteiger partial charge on any atom is 0.416 e. The molecule has 124 valence electrons. The van der Waals surface area contributed by atoms with Gasteiger partial charge in [-0.1, -0.05) is 29.3 Å². The zero-order valence-corrected chi connectivity index (χ0v) is 13.7. The van der Waals surface area contributed by atoms with Gasteiger partial charge < -0.3 is 0 Å². The van der Waals surface area contributed by atoms with Crippen LogP contribution in [0.15, 0.2) is 47.4 Å². The van der Waals surface area contributed by atoms with Crippen molar-refractivity contribution < 1.29 is 21.6 Å². The summed E-state index contributed by atoms with van der Waals surface area (Å²) < 4.78 is 63.9. The number of halogens is 5. The average Bonchev–Trinajstić information content (AvgIpc) is 2.45. The second-order valence-corrected chi connectivity index (χ2v) is 7.19. The molecule has 0 spiro atoms. The Balaban J connectivity index is 2.15. The van der Waals surface area contributed by atoms with Crippen molar-refractivity contribution in [1.82, 2.24) is 4.72 Å². The normalized spacial score (nSPS) is 12.4. The van der Waals surface area contributed by atoms with Gasteiger partial charge in [0.15, 0.2) is 0 Å². The Labute approximate surface area is 141 Å². The fraction of sp³-hybridized carbons (Fsp3) is 0.143. The summed E-state index contributed by atoms with van der Waals surface area (Å²) in [6.45, 7) is -0.112. The number of alkyl halides is 3. The molecule has 0 heterocycles. The van der Waals surface area contributed by atoms with E-state index in [0.717, 1.165) is 12.1 Å². The average molecular weight is 384 g/mol. The summed E-state index contributed by atoms with van der Waals surface area (Å²) in [5, 5.41) is 0.692. The second kappa shape index (κ2) is 6.68. The molecule has 0 saturated carbocycles. The third-order valence-corrected chi connectivity index (χ3v) is 4.96. The molecule has 2 aromatic carbocycles. The van der Waals surface area contributed by atoms with Gasteiger partial charge >= 0.3 is 6.18 Å². The van der Waals surface area contributed by atoms with E-state index in [0.29, 0.717) is 22.7 Å². The maximum atomic E-state index is 12.5. The first-order chi connectivity index (χ1) is 10.6. The van der Waals surface area contributed by atoms with Crippen LogP contribution in [0.4, 0.5) is 13.2 Å². The van der Waals surface area contributed by atoms with E-state index in [1.54, 1.807) is 12.1 Å². The number of benzene rings is 2. The molecule has 0 bridgehead atoms. The highest BCUT2D eigenvalue weighted by molar-refractivity contribution is 7.89. The smallest absolute Gasteiger partial charge is 0.207 e. The van der Waals surface area contributed by atoms with E-state index in [4.69, 9.17) is 23.2 Å². The highest BCUT2D eigenvalue weighted by Gasteiger charge is 2.30. The van der Waals surface area contributed by atoms with Gasteiger partial charge in [0, 0.05) is 16.6 Å². The molecule has 0 amide bonds. The van der Waals surface area contributed by atoms with E-state index in [1.165, 1.54) is 6.07 Å². The van der Waals surface area contributed by atoms with Gasteiger partial charge in [-0.2, -0.15) is 13.2 Å². The van der Waals surface area contributed by atoms with Crippen LogP contribution in [0.3, 0.4) is 0 Å². The van der Waals surface area contributed by atoms with E-state index in [-0.39, 0.29) is 16.5 Å². The maximum absolute atomic E-state index is 12.5. The Kier molecular flexibility index (Phi) is 5.25. The van der Waals surface area contributed by atoms with Crippen LogP contribution < -0.4 is 4.72 Å². The van der Waals surface area contributed by atoms with Gasteiger partial charge in [-0.15, -0.1) is 0 Å². The van der Waals surface area contributed by atoms with E-state index in [2.05, 4.69) is 4.72 Å². The van der Waals surface area contributed by atoms with E-state index in [9.17, 15) is 21.6 Å². The molecule has 0 aliphatic carbocycles. The zero-order valence-electron chi connectivity index (χ0n) is 11.4. The summed E-state index contributed by atoms with van der Waals surface area (Å²) >= 11 is 11.7. The molecule has 0 saturated heterocycles. The van der Waals surface area contributed by atoms with Crippen molar-refractivity contribution in [1.29, 1.82) is 0 Å². The Morgan fingerprint density at radius 1 is 1.00 bits per heavy atom. The summed E-state index contributed by atoms with van der Waals surface area (Å²) in [5.74, 6) is 0. The molecule has 9 heteroatoms. The number of nitrogens with one attached hydrogen (secondary N) is 1. The molecule has 2 rings (SSSR count). The highest BCUT2D eigenvalue weighted by atomic mass is 35.5. The number of hydrogen-bond donors (Lipinski definition) is 1. The Morgan fingerprint density at radius 3 is 2.13 bits per heavy atom. The van der Waals surface area contributed by atoms with Crippen LogP contribution in [0.1, 0.15) is 11.1 Å². The van der Waals surface area contributed by atoms with Crippen LogP contribution in [-0.2, 0) is 22.7 Å². The molecule has 1 N–H and O–H groups in total.